The van der Waals surface area contributed by atoms with Crippen molar-refractivity contribution in [2.45, 2.75) is 72.1 Å². The molecule has 4 atom stereocenters. The van der Waals surface area contributed by atoms with Crippen LogP contribution < -0.4 is 5.32 Å². The molecular weight excluding hydrogens is 256 g/mol. The molecule has 1 fully saturated rings. The van der Waals surface area contributed by atoms with Gasteiger partial charge in [-0.05, 0) is 25.0 Å². The van der Waals surface area contributed by atoms with Crippen LogP contribution in [0, 0.1) is 5.92 Å². The van der Waals surface area contributed by atoms with Crippen LogP contribution in [-0.4, -0.2) is 40.6 Å². The number of amides is 1. The molecule has 1 saturated heterocycles. The summed E-state index contributed by atoms with van der Waals surface area (Å²) >= 11 is 1.92. The van der Waals surface area contributed by atoms with E-state index >= 15 is 0 Å². The molecular formula is C15H30N2OS. The lowest BCUT2D eigenvalue weighted by molar-refractivity contribution is -0.132. The molecule has 1 amide bonds. The van der Waals surface area contributed by atoms with Gasteiger partial charge in [0.2, 0.25) is 5.91 Å². The summed E-state index contributed by atoms with van der Waals surface area (Å²) in [5, 5.41) is 3.57. The molecule has 0 bridgehead atoms. The summed E-state index contributed by atoms with van der Waals surface area (Å²) in [6.45, 7) is 10.9. The van der Waals surface area contributed by atoms with Gasteiger partial charge in [-0.15, -0.1) is 0 Å². The summed E-state index contributed by atoms with van der Waals surface area (Å²) in [7, 11) is 0. The van der Waals surface area contributed by atoms with E-state index in [0.717, 1.165) is 30.8 Å². The molecule has 0 aromatic carbocycles. The van der Waals surface area contributed by atoms with Gasteiger partial charge in [0.05, 0.1) is 12.2 Å². The fraction of sp³-hybridized carbons (Fsp3) is 0.933. The Balaban J connectivity index is 2.76. The molecule has 1 rings (SSSR count). The minimum absolute atomic E-state index is 0.0237. The van der Waals surface area contributed by atoms with E-state index in [1.54, 1.807) is 0 Å². The van der Waals surface area contributed by atoms with Gasteiger partial charge in [0.25, 0.3) is 0 Å². The molecule has 0 spiro atoms. The number of nitrogens with one attached hydrogen (secondary N) is 1. The van der Waals surface area contributed by atoms with Crippen molar-refractivity contribution >= 4 is 17.7 Å². The van der Waals surface area contributed by atoms with Crippen molar-refractivity contribution in [3.05, 3.63) is 0 Å². The molecule has 0 aromatic heterocycles. The number of carbonyl (C=O) groups excluding carboxylic acids is 1. The predicted molar refractivity (Wildman–Crippen MR) is 84.4 cm³/mol. The molecule has 19 heavy (non-hydrogen) atoms. The fourth-order valence-electron chi connectivity index (χ4n) is 2.71. The first kappa shape index (κ1) is 16.8. The van der Waals surface area contributed by atoms with Crippen LogP contribution in [0.1, 0.15) is 53.9 Å². The van der Waals surface area contributed by atoms with Crippen LogP contribution in [-0.2, 0) is 4.79 Å². The maximum atomic E-state index is 12.6. The van der Waals surface area contributed by atoms with Gasteiger partial charge in [0.1, 0.15) is 0 Å². The first-order chi connectivity index (χ1) is 9.06. The second-order valence-corrected chi connectivity index (χ2v) is 6.91. The normalized spacial score (nSPS) is 26.8. The van der Waals surface area contributed by atoms with Crippen molar-refractivity contribution in [1.29, 1.82) is 0 Å². The topological polar surface area (TPSA) is 32.3 Å². The highest BCUT2D eigenvalue weighted by atomic mass is 32.2. The monoisotopic (exact) mass is 286 g/mol. The van der Waals surface area contributed by atoms with E-state index in [4.69, 9.17) is 0 Å². The Morgan fingerprint density at radius 3 is 2.53 bits per heavy atom. The number of thioether (sulfide) groups is 1. The standard InChI is InChI=1S/C15H30N2OS/c1-6-9-13-16-14(11(4)7-2)15(18)17(13)12(5)10-19-8-3/h11-14,16H,6-10H2,1-5H3. The molecule has 4 heteroatoms. The molecule has 4 unspecified atom stereocenters. The number of nitrogens with zero attached hydrogens (tertiary/aromatic N) is 1. The molecule has 0 aliphatic carbocycles. The average Bonchev–Trinajstić information content (AvgIpc) is 2.72. The minimum Gasteiger partial charge on any atom is -0.322 e. The van der Waals surface area contributed by atoms with E-state index in [9.17, 15) is 4.79 Å². The van der Waals surface area contributed by atoms with Gasteiger partial charge in [-0.3, -0.25) is 10.1 Å². The molecule has 0 saturated carbocycles. The maximum absolute atomic E-state index is 12.6. The summed E-state index contributed by atoms with van der Waals surface area (Å²) in [6, 6.07) is 0.353. The van der Waals surface area contributed by atoms with Crippen molar-refractivity contribution in [3.8, 4) is 0 Å². The van der Waals surface area contributed by atoms with Crippen molar-refractivity contribution in [2.75, 3.05) is 11.5 Å². The Morgan fingerprint density at radius 2 is 2.00 bits per heavy atom. The smallest absolute Gasteiger partial charge is 0.241 e. The summed E-state index contributed by atoms with van der Waals surface area (Å²) in [5.41, 5.74) is 0. The SMILES string of the molecule is CCCC1NC(C(C)CC)C(=O)N1C(C)CSCC. The quantitative estimate of drug-likeness (QED) is 0.744. The van der Waals surface area contributed by atoms with Crippen LogP contribution in [0.3, 0.4) is 0 Å². The zero-order chi connectivity index (χ0) is 14.4. The molecule has 112 valence electrons. The molecule has 0 radical (unpaired) electrons. The van der Waals surface area contributed by atoms with E-state index in [-0.39, 0.29) is 12.2 Å². The number of carbonyl (C=O) groups is 1. The third-order valence-corrected chi connectivity index (χ3v) is 5.17. The van der Waals surface area contributed by atoms with E-state index in [2.05, 4.69) is 44.8 Å². The molecule has 1 aliphatic rings. The summed E-state index contributed by atoms with van der Waals surface area (Å²) in [4.78, 5) is 14.8. The first-order valence-corrected chi connectivity index (χ1v) is 8.88. The average molecular weight is 286 g/mol. The first-order valence-electron chi connectivity index (χ1n) is 7.72. The van der Waals surface area contributed by atoms with Crippen molar-refractivity contribution in [3.63, 3.8) is 0 Å². The van der Waals surface area contributed by atoms with Gasteiger partial charge >= 0.3 is 0 Å². The third kappa shape index (κ3) is 4.12. The van der Waals surface area contributed by atoms with Gasteiger partial charge < -0.3 is 4.90 Å². The van der Waals surface area contributed by atoms with Gasteiger partial charge in [0, 0.05) is 11.8 Å². The van der Waals surface area contributed by atoms with Crippen LogP contribution in [0.2, 0.25) is 0 Å². The summed E-state index contributed by atoms with van der Waals surface area (Å²) in [6.07, 6.45) is 3.46. The second-order valence-electron chi connectivity index (χ2n) is 5.59. The maximum Gasteiger partial charge on any atom is 0.241 e. The van der Waals surface area contributed by atoms with E-state index < -0.39 is 0 Å². The van der Waals surface area contributed by atoms with Gasteiger partial charge in [-0.2, -0.15) is 11.8 Å². The lowest BCUT2D eigenvalue weighted by Crippen LogP contribution is -2.44. The van der Waals surface area contributed by atoms with Gasteiger partial charge in [-0.25, -0.2) is 0 Å². The lowest BCUT2D eigenvalue weighted by Gasteiger charge is -2.30. The lowest BCUT2D eigenvalue weighted by atomic mass is 9.99. The highest BCUT2D eigenvalue weighted by Crippen LogP contribution is 2.25. The summed E-state index contributed by atoms with van der Waals surface area (Å²) < 4.78 is 0. The highest BCUT2D eigenvalue weighted by Gasteiger charge is 2.42. The Hall–Kier alpha value is -0.220. The molecule has 1 N–H and O–H groups in total. The van der Waals surface area contributed by atoms with E-state index in [1.165, 1.54) is 0 Å². The van der Waals surface area contributed by atoms with Crippen LogP contribution in [0.25, 0.3) is 0 Å². The highest BCUT2D eigenvalue weighted by molar-refractivity contribution is 7.99. The predicted octanol–water partition coefficient (Wildman–Crippen LogP) is 3.10. The Kier molecular flexibility index (Phi) is 7.22. The van der Waals surface area contributed by atoms with Crippen LogP contribution >= 0.6 is 11.8 Å². The largest absolute Gasteiger partial charge is 0.322 e. The number of rotatable bonds is 8. The Bertz CT molecular complexity index is 285. The molecule has 1 aliphatic heterocycles. The van der Waals surface area contributed by atoms with E-state index in [1.807, 2.05) is 11.8 Å². The molecule has 0 aromatic rings. The van der Waals surface area contributed by atoms with Crippen LogP contribution in [0.4, 0.5) is 0 Å². The molecule has 1 heterocycles. The van der Waals surface area contributed by atoms with Crippen molar-refractivity contribution in [2.24, 2.45) is 5.92 Å². The Morgan fingerprint density at radius 1 is 1.32 bits per heavy atom. The zero-order valence-electron chi connectivity index (χ0n) is 13.1. The minimum atomic E-state index is 0.0237. The number of hydrogen-bond donors (Lipinski definition) is 1. The van der Waals surface area contributed by atoms with Gasteiger partial charge in [0.15, 0.2) is 0 Å². The van der Waals surface area contributed by atoms with Gasteiger partial charge in [-0.1, -0.05) is 40.5 Å². The van der Waals surface area contributed by atoms with Crippen LogP contribution in [0.15, 0.2) is 0 Å². The fourth-order valence-corrected chi connectivity index (χ4v) is 3.44. The molecule has 3 nitrogen and oxygen atoms in total. The number of hydrogen-bond acceptors (Lipinski definition) is 3. The van der Waals surface area contributed by atoms with E-state index in [0.29, 0.717) is 17.9 Å². The zero-order valence-corrected chi connectivity index (χ0v) is 13.9. The third-order valence-electron chi connectivity index (χ3n) is 4.04. The second kappa shape index (κ2) is 8.15. The van der Waals surface area contributed by atoms with Crippen molar-refractivity contribution < 1.29 is 4.79 Å². The Labute approximate surface area is 122 Å². The summed E-state index contributed by atoms with van der Waals surface area (Å²) in [5.74, 6) is 2.89. The van der Waals surface area contributed by atoms with Crippen LogP contribution in [0.5, 0.6) is 0 Å². The van der Waals surface area contributed by atoms with Crippen molar-refractivity contribution in [1.82, 2.24) is 10.2 Å².